The number of aromatic hydroxyl groups is 1. The molecule has 0 aliphatic carbocycles. The number of allylic oxidation sites excluding steroid dienone is 1. The summed E-state index contributed by atoms with van der Waals surface area (Å²) < 4.78 is 0. The van der Waals surface area contributed by atoms with Crippen LogP contribution in [0.3, 0.4) is 0 Å². The van der Waals surface area contributed by atoms with Crippen molar-refractivity contribution in [2.45, 2.75) is 56.7 Å². The number of nitrogens with zero attached hydrogens (tertiary/aromatic N) is 2. The summed E-state index contributed by atoms with van der Waals surface area (Å²) in [6, 6.07) is 12.3. The van der Waals surface area contributed by atoms with Gasteiger partial charge in [-0.1, -0.05) is 55.5 Å². The summed E-state index contributed by atoms with van der Waals surface area (Å²) in [7, 11) is 0. The van der Waals surface area contributed by atoms with Gasteiger partial charge in [-0.15, -0.1) is 11.8 Å². The zero-order chi connectivity index (χ0) is 26.7. The fourth-order valence-corrected chi connectivity index (χ4v) is 6.29. The molecular weight excluding hydrogens is 490 g/mol. The van der Waals surface area contributed by atoms with E-state index in [4.69, 9.17) is 0 Å². The van der Waals surface area contributed by atoms with Crippen molar-refractivity contribution in [3.8, 4) is 5.75 Å². The lowest BCUT2D eigenvalue weighted by Gasteiger charge is -2.52. The van der Waals surface area contributed by atoms with Crippen LogP contribution in [0.15, 0.2) is 60.7 Å². The topological polar surface area (TPSA) is 110 Å². The highest BCUT2D eigenvalue weighted by Crippen LogP contribution is 2.50. The van der Waals surface area contributed by atoms with E-state index in [-0.39, 0.29) is 29.5 Å². The third kappa shape index (κ3) is 5.10. The standard InChI is InChI=1S/C28H33N3O5S/c1-4-5-9-15-31-27(36)24-28(31,3)37-17-30(24)26(35)23(33)21(16-19-11-7-6-8-12-19)29-25(34)20-13-10-14-22(32)18(20)2/h5-14,21,23-24,32-33H,4,15-17H2,1-3H3,(H,29,34)/t21-,23-,24+,28?/m0/s1. The molecule has 2 fully saturated rings. The van der Waals surface area contributed by atoms with Crippen LogP contribution in [-0.4, -0.2) is 73.2 Å². The Balaban J connectivity index is 1.54. The first-order chi connectivity index (χ1) is 17.7. The molecule has 3 amide bonds. The second kappa shape index (κ2) is 11.0. The van der Waals surface area contributed by atoms with Crippen molar-refractivity contribution in [1.29, 1.82) is 0 Å². The second-order valence-electron chi connectivity index (χ2n) is 9.53. The van der Waals surface area contributed by atoms with Gasteiger partial charge >= 0.3 is 0 Å². The molecule has 0 aromatic heterocycles. The van der Waals surface area contributed by atoms with Gasteiger partial charge in [0.15, 0.2) is 6.10 Å². The van der Waals surface area contributed by atoms with Crippen LogP contribution < -0.4 is 5.32 Å². The van der Waals surface area contributed by atoms with E-state index in [1.54, 1.807) is 24.0 Å². The van der Waals surface area contributed by atoms with Crippen molar-refractivity contribution in [2.75, 3.05) is 12.4 Å². The fraction of sp³-hybridized carbons (Fsp3) is 0.393. The highest BCUT2D eigenvalue weighted by atomic mass is 32.2. The first-order valence-electron chi connectivity index (χ1n) is 12.4. The van der Waals surface area contributed by atoms with Crippen LogP contribution in [0, 0.1) is 6.92 Å². The third-order valence-corrected chi connectivity index (χ3v) is 8.56. The number of aliphatic hydroxyl groups is 1. The number of nitrogens with one attached hydrogen (secondary N) is 1. The van der Waals surface area contributed by atoms with Crippen LogP contribution in [0.1, 0.15) is 41.8 Å². The van der Waals surface area contributed by atoms with Crippen molar-refractivity contribution in [3.63, 3.8) is 0 Å². The average Bonchev–Trinajstić information content (AvgIpc) is 3.20. The molecule has 2 saturated heterocycles. The fourth-order valence-electron chi connectivity index (χ4n) is 4.91. The van der Waals surface area contributed by atoms with Crippen molar-refractivity contribution in [1.82, 2.24) is 15.1 Å². The van der Waals surface area contributed by atoms with Gasteiger partial charge in [0, 0.05) is 17.7 Å². The van der Waals surface area contributed by atoms with Crippen molar-refractivity contribution >= 4 is 29.5 Å². The van der Waals surface area contributed by atoms with E-state index < -0.39 is 34.9 Å². The third-order valence-electron chi connectivity index (χ3n) is 7.12. The molecule has 0 saturated carbocycles. The first-order valence-corrected chi connectivity index (χ1v) is 13.4. The van der Waals surface area contributed by atoms with Gasteiger partial charge in [0.2, 0.25) is 5.91 Å². The molecule has 4 atom stereocenters. The quantitative estimate of drug-likeness (QED) is 0.344. The van der Waals surface area contributed by atoms with E-state index in [9.17, 15) is 24.6 Å². The Morgan fingerprint density at radius 2 is 1.92 bits per heavy atom. The number of hydrogen-bond donors (Lipinski definition) is 3. The molecule has 37 heavy (non-hydrogen) atoms. The molecule has 9 heteroatoms. The molecular formula is C28H33N3O5S. The summed E-state index contributed by atoms with van der Waals surface area (Å²) in [5.41, 5.74) is 1.50. The number of likely N-dealkylation sites (tertiary alicyclic amines) is 1. The number of aliphatic hydroxyl groups excluding tert-OH is 1. The Bertz CT molecular complexity index is 1200. The van der Waals surface area contributed by atoms with Crippen LogP contribution in [-0.2, 0) is 16.0 Å². The van der Waals surface area contributed by atoms with Gasteiger partial charge in [-0.05, 0) is 44.4 Å². The Morgan fingerprint density at radius 3 is 2.62 bits per heavy atom. The zero-order valence-electron chi connectivity index (χ0n) is 21.3. The molecule has 2 heterocycles. The largest absolute Gasteiger partial charge is 0.508 e. The van der Waals surface area contributed by atoms with Crippen LogP contribution in [0.4, 0.5) is 0 Å². The van der Waals surface area contributed by atoms with Gasteiger partial charge in [0.25, 0.3) is 11.8 Å². The molecule has 8 nitrogen and oxygen atoms in total. The van der Waals surface area contributed by atoms with Crippen LogP contribution in [0.5, 0.6) is 5.75 Å². The zero-order valence-corrected chi connectivity index (χ0v) is 22.1. The predicted molar refractivity (Wildman–Crippen MR) is 143 cm³/mol. The predicted octanol–water partition coefficient (Wildman–Crippen LogP) is 2.83. The lowest BCUT2D eigenvalue weighted by Crippen LogP contribution is -2.73. The monoisotopic (exact) mass is 523 g/mol. The minimum absolute atomic E-state index is 0.0147. The highest BCUT2D eigenvalue weighted by molar-refractivity contribution is 8.01. The highest BCUT2D eigenvalue weighted by Gasteiger charge is 2.65. The number of β-lactam (4-membered cyclic amide) rings is 1. The van der Waals surface area contributed by atoms with Gasteiger partial charge in [0.05, 0.1) is 11.9 Å². The molecule has 3 N–H and O–H groups in total. The molecule has 2 aliphatic rings. The summed E-state index contributed by atoms with van der Waals surface area (Å²) in [5, 5.41) is 24.1. The minimum atomic E-state index is -1.56. The van der Waals surface area contributed by atoms with E-state index in [1.807, 2.05) is 56.3 Å². The van der Waals surface area contributed by atoms with Crippen molar-refractivity contribution in [2.24, 2.45) is 0 Å². The molecule has 2 aromatic rings. The van der Waals surface area contributed by atoms with E-state index in [2.05, 4.69) is 5.32 Å². The van der Waals surface area contributed by atoms with Gasteiger partial charge in [0.1, 0.15) is 16.7 Å². The van der Waals surface area contributed by atoms with Crippen molar-refractivity contribution < 1.29 is 24.6 Å². The Morgan fingerprint density at radius 1 is 1.19 bits per heavy atom. The van der Waals surface area contributed by atoms with Crippen LogP contribution >= 0.6 is 11.8 Å². The molecule has 2 aliphatic heterocycles. The number of phenols is 1. The SMILES string of the molecule is CCC=CCN1C(=O)[C@H]2N(C(=O)[C@@H](O)[C@H](Cc3ccccc3)NC(=O)c3cccc(O)c3C)CSC21C. The Kier molecular flexibility index (Phi) is 7.94. The molecule has 196 valence electrons. The average molecular weight is 524 g/mol. The lowest BCUT2D eigenvalue weighted by atomic mass is 9.92. The molecule has 2 aromatic carbocycles. The maximum absolute atomic E-state index is 13.5. The lowest BCUT2D eigenvalue weighted by molar-refractivity contribution is -0.166. The summed E-state index contributed by atoms with van der Waals surface area (Å²) in [6.45, 7) is 6.08. The molecule has 1 unspecified atom stereocenters. The minimum Gasteiger partial charge on any atom is -0.508 e. The summed E-state index contributed by atoms with van der Waals surface area (Å²) in [4.78, 5) is 42.3. The van der Waals surface area contributed by atoms with Gasteiger partial charge in [-0.2, -0.15) is 0 Å². The number of carbonyl (C=O) groups is 3. The first kappa shape index (κ1) is 26.8. The van der Waals surface area contributed by atoms with Gasteiger partial charge in [-0.25, -0.2) is 0 Å². The Hall–Kier alpha value is -3.30. The molecule has 0 spiro atoms. The number of amides is 3. The summed E-state index contributed by atoms with van der Waals surface area (Å²) in [6.07, 6.45) is 3.48. The number of fused-ring (bicyclic) bond motifs is 1. The number of phenolic OH excluding ortho intramolecular Hbond substituents is 1. The van der Waals surface area contributed by atoms with Gasteiger partial charge in [-0.3, -0.25) is 14.4 Å². The number of carbonyl (C=O) groups excluding carboxylic acids is 3. The number of rotatable bonds is 9. The maximum Gasteiger partial charge on any atom is 0.255 e. The maximum atomic E-state index is 13.5. The van der Waals surface area contributed by atoms with Gasteiger partial charge < -0.3 is 25.3 Å². The van der Waals surface area contributed by atoms with E-state index in [1.165, 1.54) is 22.7 Å². The number of benzene rings is 2. The molecule has 0 bridgehead atoms. The van der Waals surface area contributed by atoms with E-state index in [0.29, 0.717) is 12.1 Å². The summed E-state index contributed by atoms with van der Waals surface area (Å²) in [5.74, 6) is -0.983. The second-order valence-corrected chi connectivity index (χ2v) is 10.9. The smallest absolute Gasteiger partial charge is 0.255 e. The normalized spacial score (nSPS) is 22.5. The summed E-state index contributed by atoms with van der Waals surface area (Å²) >= 11 is 1.50. The molecule has 0 radical (unpaired) electrons. The number of thioether (sulfide) groups is 1. The van der Waals surface area contributed by atoms with Crippen molar-refractivity contribution in [3.05, 3.63) is 77.4 Å². The number of hydrogen-bond acceptors (Lipinski definition) is 6. The van der Waals surface area contributed by atoms with E-state index >= 15 is 0 Å². The van der Waals surface area contributed by atoms with Crippen LogP contribution in [0.2, 0.25) is 0 Å². The van der Waals surface area contributed by atoms with Crippen LogP contribution in [0.25, 0.3) is 0 Å². The Labute approximate surface area is 221 Å². The van der Waals surface area contributed by atoms with E-state index in [0.717, 1.165) is 12.0 Å². The molecule has 4 rings (SSSR count).